The van der Waals surface area contributed by atoms with E-state index in [1.54, 1.807) is 23.1 Å². The van der Waals surface area contributed by atoms with Crippen molar-refractivity contribution >= 4 is 22.5 Å². The summed E-state index contributed by atoms with van der Waals surface area (Å²) in [6.07, 6.45) is 2.28. The second-order valence-corrected chi connectivity index (χ2v) is 5.22. The molecule has 0 saturated carbocycles. The summed E-state index contributed by atoms with van der Waals surface area (Å²) < 4.78 is 0. The molecule has 21 heavy (non-hydrogen) atoms. The fourth-order valence-electron chi connectivity index (χ4n) is 2.75. The van der Waals surface area contributed by atoms with E-state index in [-0.39, 0.29) is 11.6 Å². The van der Waals surface area contributed by atoms with Crippen molar-refractivity contribution in [1.29, 1.82) is 0 Å². The highest BCUT2D eigenvalue weighted by Crippen LogP contribution is 2.26. The smallest absolute Gasteiger partial charge is 0.294 e. The number of likely N-dealkylation sites (tertiary alicyclic amines) is 1. The molecular formula is C14H16N4O3. The van der Waals surface area contributed by atoms with Gasteiger partial charge in [0.05, 0.1) is 22.0 Å². The number of likely N-dealkylation sites (N-methyl/N-ethyl adjacent to an activating group) is 1. The van der Waals surface area contributed by atoms with Gasteiger partial charge in [-0.1, -0.05) is 0 Å². The lowest BCUT2D eigenvalue weighted by Crippen LogP contribution is -2.33. The maximum atomic E-state index is 12.5. The number of nitro groups is 1. The van der Waals surface area contributed by atoms with Crippen molar-refractivity contribution in [1.82, 2.24) is 15.2 Å². The van der Waals surface area contributed by atoms with Gasteiger partial charge in [0.25, 0.3) is 11.6 Å². The van der Waals surface area contributed by atoms with Crippen molar-refractivity contribution in [2.75, 3.05) is 20.1 Å². The largest absolute Gasteiger partial charge is 0.355 e. The normalized spacial score (nSPS) is 18.3. The van der Waals surface area contributed by atoms with Gasteiger partial charge in [-0.2, -0.15) is 0 Å². The van der Waals surface area contributed by atoms with Crippen molar-refractivity contribution in [3.63, 3.8) is 0 Å². The Hall–Kier alpha value is -2.41. The molecule has 1 atom stereocenters. The first-order valence-corrected chi connectivity index (χ1v) is 6.82. The van der Waals surface area contributed by atoms with Crippen LogP contribution in [0.4, 0.5) is 5.69 Å². The van der Waals surface area contributed by atoms with E-state index in [1.807, 2.05) is 7.05 Å². The van der Waals surface area contributed by atoms with E-state index in [0.29, 0.717) is 35.6 Å². The first-order valence-electron chi connectivity index (χ1n) is 6.82. The molecule has 1 unspecified atom stereocenters. The Morgan fingerprint density at radius 3 is 3.00 bits per heavy atom. The van der Waals surface area contributed by atoms with Gasteiger partial charge in [0.1, 0.15) is 0 Å². The second-order valence-electron chi connectivity index (χ2n) is 5.22. The third-order valence-electron chi connectivity index (χ3n) is 3.99. The Morgan fingerprint density at radius 2 is 2.33 bits per heavy atom. The predicted molar refractivity (Wildman–Crippen MR) is 78.3 cm³/mol. The summed E-state index contributed by atoms with van der Waals surface area (Å²) in [6.45, 7) is 1.38. The maximum absolute atomic E-state index is 12.5. The molecule has 1 aliphatic heterocycles. The van der Waals surface area contributed by atoms with Crippen LogP contribution >= 0.6 is 0 Å². The van der Waals surface area contributed by atoms with Crippen LogP contribution in [0.3, 0.4) is 0 Å². The molecule has 2 N–H and O–H groups in total. The zero-order valence-electron chi connectivity index (χ0n) is 11.6. The summed E-state index contributed by atoms with van der Waals surface area (Å²) >= 11 is 0. The molecule has 0 spiro atoms. The molecule has 3 rings (SSSR count). The van der Waals surface area contributed by atoms with Gasteiger partial charge in [-0.3, -0.25) is 14.9 Å². The lowest BCUT2D eigenvalue weighted by molar-refractivity contribution is -0.383. The molecule has 7 heteroatoms. The third-order valence-corrected chi connectivity index (χ3v) is 3.99. The summed E-state index contributed by atoms with van der Waals surface area (Å²) in [6, 6.07) is 5.33. The number of nitrogens with zero attached hydrogens (tertiary/aromatic N) is 2. The van der Waals surface area contributed by atoms with E-state index >= 15 is 0 Å². The molecule has 1 aromatic carbocycles. The number of rotatable bonds is 3. The number of hydrogen-bond acceptors (Lipinski definition) is 4. The monoisotopic (exact) mass is 288 g/mol. The Balaban J connectivity index is 1.92. The fourth-order valence-corrected chi connectivity index (χ4v) is 2.75. The highest BCUT2D eigenvalue weighted by atomic mass is 16.6. The molecule has 1 aliphatic rings. The van der Waals surface area contributed by atoms with Crippen molar-refractivity contribution in [3.8, 4) is 0 Å². The minimum Gasteiger partial charge on any atom is -0.355 e. The Kier molecular flexibility index (Phi) is 3.34. The van der Waals surface area contributed by atoms with Crippen LogP contribution in [-0.2, 0) is 0 Å². The van der Waals surface area contributed by atoms with Gasteiger partial charge < -0.3 is 15.2 Å². The SMILES string of the molecule is CNC1CCN(C(=O)c2ccc3[nH]cc([N+](=O)[O-])c3c2)C1. The number of aromatic nitrogens is 1. The molecule has 1 fully saturated rings. The zero-order valence-corrected chi connectivity index (χ0v) is 11.6. The number of hydrogen-bond donors (Lipinski definition) is 2. The fraction of sp³-hybridized carbons (Fsp3) is 0.357. The van der Waals surface area contributed by atoms with Crippen LogP contribution in [0.1, 0.15) is 16.8 Å². The van der Waals surface area contributed by atoms with Crippen molar-refractivity contribution < 1.29 is 9.72 Å². The minimum atomic E-state index is -0.444. The lowest BCUT2D eigenvalue weighted by Gasteiger charge is -2.16. The Bertz CT molecular complexity index is 709. The van der Waals surface area contributed by atoms with Crippen LogP contribution in [0.15, 0.2) is 24.4 Å². The first-order chi connectivity index (χ1) is 10.1. The maximum Gasteiger partial charge on any atom is 0.294 e. The molecule has 0 radical (unpaired) electrons. The van der Waals surface area contributed by atoms with Gasteiger partial charge >= 0.3 is 0 Å². The van der Waals surface area contributed by atoms with Crippen LogP contribution in [0, 0.1) is 10.1 Å². The average Bonchev–Trinajstić information content (AvgIpc) is 3.12. The molecule has 0 aliphatic carbocycles. The number of carbonyl (C=O) groups is 1. The van der Waals surface area contributed by atoms with E-state index in [0.717, 1.165) is 6.42 Å². The van der Waals surface area contributed by atoms with Crippen molar-refractivity contribution in [2.24, 2.45) is 0 Å². The Morgan fingerprint density at radius 1 is 1.52 bits per heavy atom. The summed E-state index contributed by atoms with van der Waals surface area (Å²) in [4.78, 5) is 27.6. The standard InChI is InChI=1S/C14H16N4O3/c1-15-10-4-5-17(8-10)14(19)9-2-3-12-11(6-9)13(7-16-12)18(20)21/h2-3,6-7,10,15-16H,4-5,8H2,1H3. The van der Waals surface area contributed by atoms with Gasteiger partial charge in [0, 0.05) is 24.7 Å². The first kappa shape index (κ1) is 13.6. The van der Waals surface area contributed by atoms with Crippen LogP contribution in [-0.4, -0.2) is 46.9 Å². The Labute approximate surface area is 121 Å². The zero-order chi connectivity index (χ0) is 15.0. The van der Waals surface area contributed by atoms with Gasteiger partial charge in [0.15, 0.2) is 0 Å². The van der Waals surface area contributed by atoms with Crippen LogP contribution in [0.2, 0.25) is 0 Å². The molecule has 1 aromatic heterocycles. The van der Waals surface area contributed by atoms with Crippen LogP contribution in [0.5, 0.6) is 0 Å². The highest BCUT2D eigenvalue weighted by Gasteiger charge is 2.26. The summed E-state index contributed by atoms with van der Waals surface area (Å²) in [5, 5.41) is 14.6. The number of aromatic amines is 1. The van der Waals surface area contributed by atoms with Crippen LogP contribution < -0.4 is 5.32 Å². The average molecular weight is 288 g/mol. The van der Waals surface area contributed by atoms with E-state index in [1.165, 1.54) is 6.20 Å². The van der Waals surface area contributed by atoms with E-state index in [9.17, 15) is 14.9 Å². The quantitative estimate of drug-likeness (QED) is 0.661. The van der Waals surface area contributed by atoms with Gasteiger partial charge in [-0.25, -0.2) is 0 Å². The van der Waals surface area contributed by atoms with E-state index < -0.39 is 4.92 Å². The lowest BCUT2D eigenvalue weighted by atomic mass is 10.1. The molecule has 2 aromatic rings. The summed E-state index contributed by atoms with van der Waals surface area (Å²) in [5.74, 6) is -0.0786. The number of benzene rings is 1. The summed E-state index contributed by atoms with van der Waals surface area (Å²) in [7, 11) is 1.88. The molecule has 7 nitrogen and oxygen atoms in total. The molecule has 2 heterocycles. The molecule has 1 amide bonds. The van der Waals surface area contributed by atoms with Crippen LogP contribution in [0.25, 0.3) is 10.9 Å². The van der Waals surface area contributed by atoms with Crippen molar-refractivity contribution in [2.45, 2.75) is 12.5 Å². The molecule has 0 bridgehead atoms. The number of amides is 1. The van der Waals surface area contributed by atoms with E-state index in [4.69, 9.17) is 0 Å². The number of nitrogens with one attached hydrogen (secondary N) is 2. The topological polar surface area (TPSA) is 91.3 Å². The number of carbonyl (C=O) groups excluding carboxylic acids is 1. The van der Waals surface area contributed by atoms with Crippen molar-refractivity contribution in [3.05, 3.63) is 40.1 Å². The molecular weight excluding hydrogens is 272 g/mol. The van der Waals surface area contributed by atoms with Gasteiger partial charge in [-0.15, -0.1) is 0 Å². The predicted octanol–water partition coefficient (Wildman–Crippen LogP) is 1.51. The number of fused-ring (bicyclic) bond motifs is 1. The number of H-pyrrole nitrogens is 1. The van der Waals surface area contributed by atoms with Gasteiger partial charge in [-0.05, 0) is 31.7 Å². The summed E-state index contributed by atoms with van der Waals surface area (Å²) in [5.41, 5.74) is 1.14. The molecule has 110 valence electrons. The van der Waals surface area contributed by atoms with Gasteiger partial charge in [0.2, 0.25) is 0 Å². The van der Waals surface area contributed by atoms with E-state index in [2.05, 4.69) is 10.3 Å². The third kappa shape index (κ3) is 2.36. The second kappa shape index (κ2) is 5.17. The molecule has 1 saturated heterocycles. The minimum absolute atomic E-state index is 0.00540. The highest BCUT2D eigenvalue weighted by molar-refractivity contribution is 6.00.